The molecular formula is C23H34O3. The van der Waals surface area contributed by atoms with Gasteiger partial charge in [-0.3, -0.25) is 9.59 Å². The van der Waals surface area contributed by atoms with Crippen LogP contribution in [0, 0.1) is 28.6 Å². The number of hydrogen-bond donors (Lipinski definition) is 0. The van der Waals surface area contributed by atoms with E-state index in [4.69, 9.17) is 4.74 Å². The summed E-state index contributed by atoms with van der Waals surface area (Å²) in [5, 5.41) is 0. The summed E-state index contributed by atoms with van der Waals surface area (Å²) >= 11 is 0. The van der Waals surface area contributed by atoms with Gasteiger partial charge in [0.25, 0.3) is 6.47 Å². The SMILES string of the molecule is CCCC1(OC=O)CC[C@H]2[C@@H]3CCC4=CC(=O)CC[C@]4(C)[C@@H]3CC[C@@]21C. The highest BCUT2D eigenvalue weighted by atomic mass is 16.5. The van der Waals surface area contributed by atoms with E-state index in [2.05, 4.69) is 20.8 Å². The third kappa shape index (κ3) is 2.31. The molecule has 4 aliphatic rings. The average Bonchev–Trinajstić information content (AvgIpc) is 2.89. The summed E-state index contributed by atoms with van der Waals surface area (Å²) in [6.45, 7) is 7.76. The van der Waals surface area contributed by atoms with Gasteiger partial charge < -0.3 is 4.74 Å². The van der Waals surface area contributed by atoms with Gasteiger partial charge in [-0.25, -0.2) is 0 Å². The van der Waals surface area contributed by atoms with Crippen LogP contribution in [0.4, 0.5) is 0 Å². The standard InChI is InChI=1S/C23H34O3/c1-4-10-23(26-15-24)13-9-20-18-6-5-16-14-17(25)7-11-21(16,2)19(18)8-12-22(20,23)3/h14-15,18-20H,4-13H2,1-3H3/t18-,19-,20+,21+,22+,23?/m1/s1. The van der Waals surface area contributed by atoms with Crippen LogP contribution in [-0.2, 0) is 14.3 Å². The third-order valence-electron chi connectivity index (χ3n) is 9.18. The normalized spacial score (nSPS) is 47.4. The first kappa shape index (κ1) is 18.3. The predicted molar refractivity (Wildman–Crippen MR) is 101 cm³/mol. The molecule has 4 aliphatic carbocycles. The Labute approximate surface area is 157 Å². The number of carbonyl (C=O) groups excluding carboxylic acids is 2. The Morgan fingerprint density at radius 2 is 1.88 bits per heavy atom. The molecule has 0 amide bonds. The van der Waals surface area contributed by atoms with E-state index < -0.39 is 0 Å². The Morgan fingerprint density at radius 1 is 1.12 bits per heavy atom. The Bertz CT molecular complexity index is 637. The summed E-state index contributed by atoms with van der Waals surface area (Å²) in [4.78, 5) is 23.3. The van der Waals surface area contributed by atoms with E-state index in [-0.39, 0.29) is 16.4 Å². The van der Waals surface area contributed by atoms with Crippen LogP contribution in [0.15, 0.2) is 11.6 Å². The number of carbonyl (C=O) groups is 2. The highest BCUT2D eigenvalue weighted by molar-refractivity contribution is 5.91. The van der Waals surface area contributed by atoms with E-state index in [0.717, 1.165) is 50.9 Å². The molecule has 0 N–H and O–H groups in total. The quantitative estimate of drug-likeness (QED) is 0.646. The van der Waals surface area contributed by atoms with Gasteiger partial charge in [-0.15, -0.1) is 0 Å². The number of ether oxygens (including phenoxy) is 1. The Morgan fingerprint density at radius 3 is 2.62 bits per heavy atom. The zero-order valence-electron chi connectivity index (χ0n) is 16.7. The predicted octanol–water partition coefficient (Wildman–Crippen LogP) is 5.23. The van der Waals surface area contributed by atoms with Crippen LogP contribution in [0.25, 0.3) is 0 Å². The van der Waals surface area contributed by atoms with Gasteiger partial charge in [-0.1, -0.05) is 32.8 Å². The molecule has 0 aromatic carbocycles. The number of hydrogen-bond acceptors (Lipinski definition) is 3. The molecule has 0 aromatic rings. The van der Waals surface area contributed by atoms with Crippen molar-refractivity contribution in [2.24, 2.45) is 28.6 Å². The second kappa shape index (κ2) is 6.21. The monoisotopic (exact) mass is 358 g/mol. The van der Waals surface area contributed by atoms with Gasteiger partial charge in [-0.05, 0) is 80.6 Å². The number of fused-ring (bicyclic) bond motifs is 5. The minimum absolute atomic E-state index is 0.118. The fourth-order valence-corrected chi connectivity index (χ4v) is 7.81. The van der Waals surface area contributed by atoms with E-state index in [1.807, 2.05) is 6.08 Å². The fourth-order valence-electron chi connectivity index (χ4n) is 7.81. The molecule has 0 heterocycles. The minimum atomic E-state index is -0.251. The Balaban J connectivity index is 1.67. The lowest BCUT2D eigenvalue weighted by Crippen LogP contribution is -2.55. The number of allylic oxidation sites excluding steroid dienone is 1. The molecule has 0 bridgehead atoms. The molecule has 0 aliphatic heterocycles. The van der Waals surface area contributed by atoms with Gasteiger partial charge in [0.1, 0.15) is 5.60 Å². The van der Waals surface area contributed by atoms with E-state index >= 15 is 0 Å². The van der Waals surface area contributed by atoms with Crippen LogP contribution in [0.3, 0.4) is 0 Å². The number of rotatable bonds is 4. The van der Waals surface area contributed by atoms with Crippen molar-refractivity contribution < 1.29 is 14.3 Å². The van der Waals surface area contributed by atoms with Gasteiger partial charge in [0.05, 0.1) is 0 Å². The summed E-state index contributed by atoms with van der Waals surface area (Å²) in [5.74, 6) is 2.41. The molecule has 1 unspecified atom stereocenters. The molecule has 0 aromatic heterocycles. The molecule has 26 heavy (non-hydrogen) atoms. The molecule has 3 heteroatoms. The molecule has 6 atom stereocenters. The van der Waals surface area contributed by atoms with Crippen molar-refractivity contribution >= 4 is 12.3 Å². The molecule has 3 fully saturated rings. The van der Waals surface area contributed by atoms with E-state index in [1.165, 1.54) is 24.8 Å². The van der Waals surface area contributed by atoms with Crippen LogP contribution >= 0.6 is 0 Å². The second-order valence-corrected chi connectivity index (χ2v) is 9.92. The van der Waals surface area contributed by atoms with Crippen molar-refractivity contribution in [1.82, 2.24) is 0 Å². The molecule has 3 nitrogen and oxygen atoms in total. The van der Waals surface area contributed by atoms with Crippen LogP contribution in [0.2, 0.25) is 0 Å². The van der Waals surface area contributed by atoms with Crippen molar-refractivity contribution in [3.8, 4) is 0 Å². The summed E-state index contributed by atoms with van der Waals surface area (Å²) < 4.78 is 5.89. The molecule has 0 saturated heterocycles. The van der Waals surface area contributed by atoms with E-state index in [0.29, 0.717) is 24.1 Å². The zero-order chi connectivity index (χ0) is 18.6. The van der Waals surface area contributed by atoms with Crippen molar-refractivity contribution in [1.29, 1.82) is 0 Å². The fraction of sp³-hybridized carbons (Fsp3) is 0.826. The number of ketones is 1. The van der Waals surface area contributed by atoms with Gasteiger partial charge in [0.2, 0.25) is 0 Å². The maximum atomic E-state index is 12.0. The highest BCUT2D eigenvalue weighted by Gasteiger charge is 2.65. The molecule has 0 spiro atoms. The minimum Gasteiger partial charge on any atom is -0.461 e. The Kier molecular flexibility index (Phi) is 4.36. The topological polar surface area (TPSA) is 43.4 Å². The molecule has 4 rings (SSSR count). The first-order valence-corrected chi connectivity index (χ1v) is 10.8. The maximum absolute atomic E-state index is 12.0. The van der Waals surface area contributed by atoms with Crippen LogP contribution < -0.4 is 0 Å². The van der Waals surface area contributed by atoms with E-state index in [1.54, 1.807) is 0 Å². The van der Waals surface area contributed by atoms with Gasteiger partial charge in [0, 0.05) is 11.8 Å². The molecule has 3 saturated carbocycles. The molecule has 144 valence electrons. The highest BCUT2D eigenvalue weighted by Crippen LogP contribution is 2.68. The van der Waals surface area contributed by atoms with E-state index in [9.17, 15) is 9.59 Å². The summed E-state index contributed by atoms with van der Waals surface area (Å²) in [7, 11) is 0. The van der Waals surface area contributed by atoms with Gasteiger partial charge in [-0.2, -0.15) is 0 Å². The van der Waals surface area contributed by atoms with Crippen molar-refractivity contribution in [2.75, 3.05) is 0 Å². The first-order chi connectivity index (χ1) is 12.4. The summed E-state index contributed by atoms with van der Waals surface area (Å²) in [5.41, 5.74) is 1.52. The largest absolute Gasteiger partial charge is 0.461 e. The smallest absolute Gasteiger partial charge is 0.293 e. The van der Waals surface area contributed by atoms with Crippen LogP contribution in [-0.4, -0.2) is 17.9 Å². The third-order valence-corrected chi connectivity index (χ3v) is 9.18. The lowest BCUT2D eigenvalue weighted by atomic mass is 9.46. The Hall–Kier alpha value is -1.12. The van der Waals surface area contributed by atoms with Crippen LogP contribution in [0.5, 0.6) is 0 Å². The first-order valence-electron chi connectivity index (χ1n) is 10.8. The molecular weight excluding hydrogens is 324 g/mol. The summed E-state index contributed by atoms with van der Waals surface area (Å²) in [6.07, 6.45) is 12.7. The second-order valence-electron chi connectivity index (χ2n) is 9.92. The van der Waals surface area contributed by atoms with Gasteiger partial charge in [0.15, 0.2) is 5.78 Å². The van der Waals surface area contributed by atoms with Crippen molar-refractivity contribution in [3.63, 3.8) is 0 Å². The van der Waals surface area contributed by atoms with Crippen LogP contribution in [0.1, 0.15) is 85.0 Å². The van der Waals surface area contributed by atoms with Crippen molar-refractivity contribution in [2.45, 2.75) is 90.6 Å². The molecule has 0 radical (unpaired) electrons. The summed E-state index contributed by atoms with van der Waals surface area (Å²) in [6, 6.07) is 0. The maximum Gasteiger partial charge on any atom is 0.293 e. The lowest BCUT2D eigenvalue weighted by Gasteiger charge is -2.59. The average molecular weight is 359 g/mol. The van der Waals surface area contributed by atoms with Gasteiger partial charge >= 0.3 is 0 Å². The lowest BCUT2D eigenvalue weighted by molar-refractivity contribution is -0.172. The zero-order valence-corrected chi connectivity index (χ0v) is 16.7. The van der Waals surface area contributed by atoms with Crippen molar-refractivity contribution in [3.05, 3.63) is 11.6 Å².